The molecular weight excluding hydrogens is 244 g/mol. The average Bonchev–Trinajstić information content (AvgIpc) is 2.99. The number of hydrogen-bond donors (Lipinski definition) is 2. The Morgan fingerprint density at radius 1 is 1.44 bits per heavy atom. The molecule has 2 aliphatic rings. The van der Waals surface area contributed by atoms with Crippen LogP contribution in [0.25, 0.3) is 0 Å². The number of hydrogen-bond acceptors (Lipinski definition) is 3. The van der Waals surface area contributed by atoms with Gasteiger partial charge in [-0.05, 0) is 44.4 Å². The van der Waals surface area contributed by atoms with E-state index in [1.54, 1.807) is 0 Å². The summed E-state index contributed by atoms with van der Waals surface area (Å²) in [7, 11) is 0. The average molecular weight is 270 g/mol. The van der Waals surface area contributed by atoms with E-state index in [0.29, 0.717) is 11.9 Å². The second kappa shape index (κ2) is 6.29. The van der Waals surface area contributed by atoms with Gasteiger partial charge in [0.15, 0.2) is 0 Å². The van der Waals surface area contributed by atoms with Crippen molar-refractivity contribution < 1.29 is 4.79 Å². The molecule has 1 heterocycles. The molecule has 2 rings (SSSR count). The van der Waals surface area contributed by atoms with Crippen molar-refractivity contribution in [3.8, 4) is 0 Å². The molecule has 1 saturated carbocycles. The molecule has 2 fully saturated rings. The first kappa shape index (κ1) is 14.2. The maximum Gasteiger partial charge on any atom is 0.227 e. The van der Waals surface area contributed by atoms with Crippen molar-refractivity contribution in [2.45, 2.75) is 57.2 Å². The fourth-order valence-corrected chi connectivity index (χ4v) is 4.34. The van der Waals surface area contributed by atoms with E-state index in [2.05, 4.69) is 24.5 Å². The van der Waals surface area contributed by atoms with Gasteiger partial charge >= 0.3 is 0 Å². The summed E-state index contributed by atoms with van der Waals surface area (Å²) in [5.74, 6) is 1.48. The fourth-order valence-electron chi connectivity index (χ4n) is 3.20. The highest BCUT2D eigenvalue weighted by molar-refractivity contribution is 7.99. The molecule has 1 aliphatic heterocycles. The van der Waals surface area contributed by atoms with E-state index in [1.165, 1.54) is 12.2 Å². The lowest BCUT2D eigenvalue weighted by Gasteiger charge is -2.27. The summed E-state index contributed by atoms with van der Waals surface area (Å²) in [4.78, 5) is 12.5. The summed E-state index contributed by atoms with van der Waals surface area (Å²) >= 11 is 2.04. The molecule has 1 aliphatic carbocycles. The third-order valence-electron chi connectivity index (χ3n) is 4.52. The van der Waals surface area contributed by atoms with E-state index < -0.39 is 0 Å². The molecule has 1 amide bonds. The Bertz CT molecular complexity index is 290. The Kier molecular flexibility index (Phi) is 4.96. The summed E-state index contributed by atoms with van der Waals surface area (Å²) in [5, 5.41) is 7.41. The molecule has 3 nitrogen and oxygen atoms in total. The lowest BCUT2D eigenvalue weighted by molar-refractivity contribution is -0.131. The Morgan fingerprint density at radius 2 is 2.28 bits per heavy atom. The minimum atomic E-state index is -0.129. The van der Waals surface area contributed by atoms with E-state index in [9.17, 15) is 4.79 Å². The van der Waals surface area contributed by atoms with Crippen molar-refractivity contribution in [3.63, 3.8) is 0 Å². The molecule has 0 aromatic heterocycles. The van der Waals surface area contributed by atoms with E-state index in [1.807, 2.05) is 11.8 Å². The molecule has 2 N–H and O–H groups in total. The van der Waals surface area contributed by atoms with Crippen LogP contribution in [0, 0.1) is 5.41 Å². The summed E-state index contributed by atoms with van der Waals surface area (Å²) in [5.41, 5.74) is -0.129. The largest absolute Gasteiger partial charge is 0.353 e. The van der Waals surface area contributed by atoms with Crippen LogP contribution in [0.5, 0.6) is 0 Å². The van der Waals surface area contributed by atoms with Crippen LogP contribution < -0.4 is 10.6 Å². The minimum Gasteiger partial charge on any atom is -0.353 e. The third-order valence-corrected chi connectivity index (χ3v) is 5.76. The predicted molar refractivity (Wildman–Crippen MR) is 77.9 cm³/mol. The number of thioether (sulfide) groups is 1. The second-order valence-corrected chi connectivity index (χ2v) is 7.20. The van der Waals surface area contributed by atoms with E-state index in [4.69, 9.17) is 0 Å². The van der Waals surface area contributed by atoms with Gasteiger partial charge in [-0.25, -0.2) is 0 Å². The zero-order valence-corrected chi connectivity index (χ0v) is 12.4. The molecule has 0 spiro atoms. The Balaban J connectivity index is 1.84. The van der Waals surface area contributed by atoms with Crippen molar-refractivity contribution in [1.82, 2.24) is 10.6 Å². The van der Waals surface area contributed by atoms with Gasteiger partial charge in [-0.15, -0.1) is 0 Å². The number of rotatable bonds is 5. The molecule has 18 heavy (non-hydrogen) atoms. The van der Waals surface area contributed by atoms with Gasteiger partial charge in [0.2, 0.25) is 5.91 Å². The molecule has 0 radical (unpaired) electrons. The van der Waals surface area contributed by atoms with Gasteiger partial charge in [0.05, 0.1) is 5.41 Å². The lowest BCUT2D eigenvalue weighted by Crippen LogP contribution is -2.45. The van der Waals surface area contributed by atoms with Crippen LogP contribution in [0.15, 0.2) is 0 Å². The normalized spacial score (nSPS) is 35.9. The molecule has 0 bridgehead atoms. The van der Waals surface area contributed by atoms with Gasteiger partial charge in [-0.3, -0.25) is 4.79 Å². The standard InChI is InChI=1S/C14H26N2OS/c1-3-14(7-8-15-10-14)13(17)16-11-5-6-12(9-11)18-4-2/h11-12,15H,3-10H2,1-2H3,(H,16,17). The predicted octanol–water partition coefficient (Wildman–Crippen LogP) is 2.17. The van der Waals surface area contributed by atoms with Crippen LogP contribution in [-0.4, -0.2) is 36.0 Å². The number of carbonyl (C=O) groups excluding carboxylic acids is 1. The minimum absolute atomic E-state index is 0.129. The van der Waals surface area contributed by atoms with Crippen LogP contribution in [0.3, 0.4) is 0 Å². The second-order valence-electron chi connectivity index (χ2n) is 5.62. The van der Waals surface area contributed by atoms with Crippen molar-refractivity contribution >= 4 is 17.7 Å². The third kappa shape index (κ3) is 3.02. The van der Waals surface area contributed by atoms with Crippen molar-refractivity contribution in [2.24, 2.45) is 5.41 Å². The summed E-state index contributed by atoms with van der Waals surface area (Å²) in [6.45, 7) is 6.19. The molecule has 0 aromatic rings. The highest BCUT2D eigenvalue weighted by Crippen LogP contribution is 2.33. The molecule has 3 unspecified atom stereocenters. The Hall–Kier alpha value is -0.220. The smallest absolute Gasteiger partial charge is 0.227 e. The van der Waals surface area contributed by atoms with Crippen molar-refractivity contribution in [3.05, 3.63) is 0 Å². The maximum absolute atomic E-state index is 12.5. The molecule has 3 atom stereocenters. The first-order valence-electron chi connectivity index (χ1n) is 7.33. The van der Waals surface area contributed by atoms with Crippen LogP contribution in [0.4, 0.5) is 0 Å². The van der Waals surface area contributed by atoms with Gasteiger partial charge in [-0.2, -0.15) is 11.8 Å². The van der Waals surface area contributed by atoms with E-state index >= 15 is 0 Å². The van der Waals surface area contributed by atoms with E-state index in [-0.39, 0.29) is 5.41 Å². The van der Waals surface area contributed by atoms with Crippen LogP contribution in [-0.2, 0) is 4.79 Å². The van der Waals surface area contributed by atoms with Crippen LogP contribution in [0.2, 0.25) is 0 Å². The SMILES string of the molecule is CCSC1CCC(NC(=O)C2(CC)CCNC2)C1. The molecular formula is C14H26N2OS. The van der Waals surface area contributed by atoms with Gasteiger partial charge in [0.1, 0.15) is 0 Å². The molecule has 4 heteroatoms. The summed E-state index contributed by atoms with van der Waals surface area (Å²) in [6.07, 6.45) is 5.54. The fraction of sp³-hybridized carbons (Fsp3) is 0.929. The van der Waals surface area contributed by atoms with Crippen molar-refractivity contribution in [2.75, 3.05) is 18.8 Å². The summed E-state index contributed by atoms with van der Waals surface area (Å²) < 4.78 is 0. The van der Waals surface area contributed by atoms with Gasteiger partial charge in [-0.1, -0.05) is 13.8 Å². The topological polar surface area (TPSA) is 41.1 Å². The van der Waals surface area contributed by atoms with E-state index in [0.717, 1.165) is 44.0 Å². The number of carbonyl (C=O) groups is 1. The zero-order chi connectivity index (χ0) is 13.0. The first-order valence-corrected chi connectivity index (χ1v) is 8.38. The quantitative estimate of drug-likeness (QED) is 0.804. The van der Waals surface area contributed by atoms with Gasteiger partial charge < -0.3 is 10.6 Å². The molecule has 0 aromatic carbocycles. The Morgan fingerprint density at radius 3 is 2.89 bits per heavy atom. The lowest BCUT2D eigenvalue weighted by atomic mass is 9.83. The maximum atomic E-state index is 12.5. The monoisotopic (exact) mass is 270 g/mol. The van der Waals surface area contributed by atoms with Crippen LogP contribution in [0.1, 0.15) is 46.0 Å². The number of nitrogens with one attached hydrogen (secondary N) is 2. The van der Waals surface area contributed by atoms with Gasteiger partial charge in [0.25, 0.3) is 0 Å². The zero-order valence-electron chi connectivity index (χ0n) is 11.6. The first-order chi connectivity index (χ1) is 8.70. The highest BCUT2D eigenvalue weighted by atomic mass is 32.2. The van der Waals surface area contributed by atoms with Crippen LogP contribution >= 0.6 is 11.8 Å². The summed E-state index contributed by atoms with van der Waals surface area (Å²) in [6, 6.07) is 0.422. The number of amides is 1. The van der Waals surface area contributed by atoms with Crippen molar-refractivity contribution in [1.29, 1.82) is 0 Å². The highest BCUT2D eigenvalue weighted by Gasteiger charge is 2.40. The molecule has 104 valence electrons. The van der Waals surface area contributed by atoms with Gasteiger partial charge in [0, 0.05) is 17.8 Å². The molecule has 1 saturated heterocycles. The Labute approximate surface area is 115 Å².